The normalized spacial score (nSPS) is 25.0. The zero-order valence-corrected chi connectivity index (χ0v) is 11.1. The van der Waals surface area contributed by atoms with Crippen LogP contribution in [0.3, 0.4) is 0 Å². The Morgan fingerprint density at radius 2 is 2.24 bits per heavy atom. The summed E-state index contributed by atoms with van der Waals surface area (Å²) < 4.78 is 0. The summed E-state index contributed by atoms with van der Waals surface area (Å²) >= 11 is 5.95. The van der Waals surface area contributed by atoms with Crippen molar-refractivity contribution in [1.82, 2.24) is 9.97 Å². The van der Waals surface area contributed by atoms with Gasteiger partial charge in [0.25, 0.3) is 0 Å². The molecule has 1 aromatic heterocycles. The molecule has 2 atom stereocenters. The van der Waals surface area contributed by atoms with Gasteiger partial charge in [-0.25, -0.2) is 9.97 Å². The van der Waals surface area contributed by atoms with Gasteiger partial charge in [0.05, 0.1) is 0 Å². The second-order valence-corrected chi connectivity index (χ2v) is 5.11. The largest absolute Gasteiger partial charge is 0.393 e. The summed E-state index contributed by atoms with van der Waals surface area (Å²) in [6, 6.07) is 0.464. The summed E-state index contributed by atoms with van der Waals surface area (Å²) in [4.78, 5) is 10.5. The fourth-order valence-corrected chi connectivity index (χ4v) is 2.53. The van der Waals surface area contributed by atoms with Crippen LogP contribution >= 0.6 is 11.6 Å². The molecule has 0 saturated carbocycles. The second-order valence-electron chi connectivity index (χ2n) is 4.75. The van der Waals surface area contributed by atoms with E-state index in [1.807, 2.05) is 0 Å². The second kappa shape index (κ2) is 5.08. The van der Waals surface area contributed by atoms with E-state index in [0.717, 1.165) is 18.3 Å². The Morgan fingerprint density at radius 1 is 1.47 bits per heavy atom. The SMILES string of the molecule is CCC1CCC(C)N(c2ncnc(Cl)c2N)C1. The third-order valence-corrected chi connectivity index (χ3v) is 3.94. The van der Waals surface area contributed by atoms with E-state index in [1.54, 1.807) is 0 Å². The molecule has 1 aliphatic heterocycles. The molecule has 2 N–H and O–H groups in total. The molecule has 0 bridgehead atoms. The van der Waals surface area contributed by atoms with Crippen molar-refractivity contribution in [3.05, 3.63) is 11.5 Å². The van der Waals surface area contributed by atoms with Gasteiger partial charge >= 0.3 is 0 Å². The minimum absolute atomic E-state index is 0.348. The molecule has 0 aliphatic carbocycles. The maximum Gasteiger partial charge on any atom is 0.157 e. The molecule has 1 aromatic rings. The number of nitrogen functional groups attached to an aromatic ring is 1. The van der Waals surface area contributed by atoms with Crippen molar-refractivity contribution in [3.63, 3.8) is 0 Å². The number of piperidine rings is 1. The molecule has 0 aromatic carbocycles. The predicted molar refractivity (Wildman–Crippen MR) is 71.3 cm³/mol. The molecule has 2 rings (SSSR count). The Balaban J connectivity index is 2.27. The van der Waals surface area contributed by atoms with Gasteiger partial charge in [0.2, 0.25) is 0 Å². The van der Waals surface area contributed by atoms with Gasteiger partial charge in [0.1, 0.15) is 12.0 Å². The third-order valence-electron chi connectivity index (χ3n) is 3.64. The third kappa shape index (κ3) is 2.46. The molecule has 1 fully saturated rings. The molecule has 4 nitrogen and oxygen atoms in total. The standard InChI is InChI=1S/C12H19ClN4/c1-3-9-5-4-8(2)17(6-9)12-10(14)11(13)15-7-16-12/h7-9H,3-6,14H2,1-2H3. The lowest BCUT2D eigenvalue weighted by Gasteiger charge is -2.39. The molecule has 0 spiro atoms. The van der Waals surface area contributed by atoms with Gasteiger partial charge in [-0.1, -0.05) is 24.9 Å². The number of hydrogen-bond acceptors (Lipinski definition) is 4. The van der Waals surface area contributed by atoms with Gasteiger partial charge in [-0.05, 0) is 25.7 Å². The number of anilines is 2. The molecule has 1 saturated heterocycles. The minimum atomic E-state index is 0.348. The highest BCUT2D eigenvalue weighted by Gasteiger charge is 2.27. The summed E-state index contributed by atoms with van der Waals surface area (Å²) in [7, 11) is 0. The van der Waals surface area contributed by atoms with Crippen molar-refractivity contribution < 1.29 is 0 Å². The average Bonchev–Trinajstić information content (AvgIpc) is 2.34. The van der Waals surface area contributed by atoms with E-state index in [4.69, 9.17) is 17.3 Å². The first-order chi connectivity index (χ1) is 8.13. The molecule has 0 amide bonds. The van der Waals surface area contributed by atoms with E-state index in [1.165, 1.54) is 25.6 Å². The summed E-state index contributed by atoms with van der Waals surface area (Å²) in [5, 5.41) is 0.348. The molecular weight excluding hydrogens is 236 g/mol. The Hall–Kier alpha value is -1.03. The Bertz CT molecular complexity index is 396. The van der Waals surface area contributed by atoms with Crippen LogP contribution in [0.5, 0.6) is 0 Å². The summed E-state index contributed by atoms with van der Waals surface area (Å²) in [5.41, 5.74) is 6.46. The Kier molecular flexibility index (Phi) is 3.72. The molecule has 5 heteroatoms. The highest BCUT2D eigenvalue weighted by atomic mass is 35.5. The van der Waals surface area contributed by atoms with Crippen LogP contribution < -0.4 is 10.6 Å². The van der Waals surface area contributed by atoms with Crippen LogP contribution in [0.15, 0.2) is 6.33 Å². The van der Waals surface area contributed by atoms with Crippen LogP contribution in [0.1, 0.15) is 33.1 Å². The first-order valence-electron chi connectivity index (χ1n) is 6.16. The quantitative estimate of drug-likeness (QED) is 0.825. The molecule has 0 radical (unpaired) electrons. The van der Waals surface area contributed by atoms with E-state index < -0.39 is 0 Å². The van der Waals surface area contributed by atoms with Crippen molar-refractivity contribution in [1.29, 1.82) is 0 Å². The number of nitrogens with two attached hydrogens (primary N) is 1. The number of nitrogens with zero attached hydrogens (tertiary/aromatic N) is 3. The van der Waals surface area contributed by atoms with Gasteiger partial charge in [-0.3, -0.25) is 0 Å². The van der Waals surface area contributed by atoms with E-state index in [9.17, 15) is 0 Å². The van der Waals surface area contributed by atoms with Crippen molar-refractivity contribution >= 4 is 23.1 Å². The van der Waals surface area contributed by atoms with Crippen molar-refractivity contribution in [3.8, 4) is 0 Å². The fourth-order valence-electron chi connectivity index (χ4n) is 2.41. The molecule has 94 valence electrons. The maximum absolute atomic E-state index is 5.96. The smallest absolute Gasteiger partial charge is 0.157 e. The molecule has 17 heavy (non-hydrogen) atoms. The van der Waals surface area contributed by atoms with Crippen molar-refractivity contribution in [2.45, 2.75) is 39.2 Å². The van der Waals surface area contributed by atoms with Gasteiger partial charge in [-0.15, -0.1) is 0 Å². The summed E-state index contributed by atoms with van der Waals surface area (Å²) in [5.74, 6) is 1.51. The average molecular weight is 255 g/mol. The Morgan fingerprint density at radius 3 is 2.94 bits per heavy atom. The fraction of sp³-hybridized carbons (Fsp3) is 0.667. The summed E-state index contributed by atoms with van der Waals surface area (Å²) in [6.07, 6.45) is 5.14. The van der Waals surface area contributed by atoms with E-state index in [0.29, 0.717) is 16.9 Å². The van der Waals surface area contributed by atoms with Crippen LogP contribution in [0, 0.1) is 5.92 Å². The minimum Gasteiger partial charge on any atom is -0.393 e. The first kappa shape index (κ1) is 12.4. The lowest BCUT2D eigenvalue weighted by atomic mass is 9.91. The molecule has 2 unspecified atom stereocenters. The summed E-state index contributed by atoms with van der Waals surface area (Å²) in [6.45, 7) is 5.45. The predicted octanol–water partition coefficient (Wildman–Crippen LogP) is 2.73. The van der Waals surface area contributed by atoms with Crippen LogP contribution in [0.25, 0.3) is 0 Å². The number of rotatable bonds is 2. The molecular formula is C12H19ClN4. The lowest BCUT2D eigenvalue weighted by molar-refractivity contribution is 0.357. The van der Waals surface area contributed by atoms with Gasteiger partial charge < -0.3 is 10.6 Å². The highest BCUT2D eigenvalue weighted by molar-refractivity contribution is 6.32. The van der Waals surface area contributed by atoms with Gasteiger partial charge in [0, 0.05) is 12.6 Å². The van der Waals surface area contributed by atoms with Crippen LogP contribution in [-0.2, 0) is 0 Å². The number of aromatic nitrogens is 2. The lowest BCUT2D eigenvalue weighted by Crippen LogP contribution is -2.42. The number of hydrogen-bond donors (Lipinski definition) is 1. The van der Waals surface area contributed by atoms with Crippen LogP contribution in [0.2, 0.25) is 5.15 Å². The zero-order chi connectivity index (χ0) is 12.4. The number of halogens is 1. The molecule has 1 aliphatic rings. The molecule has 2 heterocycles. The van der Waals surface area contributed by atoms with Gasteiger partial charge in [0.15, 0.2) is 11.0 Å². The van der Waals surface area contributed by atoms with E-state index in [2.05, 4.69) is 28.7 Å². The maximum atomic E-state index is 5.96. The first-order valence-corrected chi connectivity index (χ1v) is 6.53. The zero-order valence-electron chi connectivity index (χ0n) is 10.4. The van der Waals surface area contributed by atoms with E-state index in [-0.39, 0.29) is 0 Å². The van der Waals surface area contributed by atoms with Gasteiger partial charge in [-0.2, -0.15) is 0 Å². The topological polar surface area (TPSA) is 55.0 Å². The van der Waals surface area contributed by atoms with Crippen molar-refractivity contribution in [2.75, 3.05) is 17.2 Å². The highest BCUT2D eigenvalue weighted by Crippen LogP contribution is 2.32. The van der Waals surface area contributed by atoms with Crippen LogP contribution in [0.4, 0.5) is 11.5 Å². The van der Waals surface area contributed by atoms with Crippen molar-refractivity contribution in [2.24, 2.45) is 5.92 Å². The van der Waals surface area contributed by atoms with E-state index >= 15 is 0 Å². The Labute approximate surface area is 107 Å². The monoisotopic (exact) mass is 254 g/mol. The van der Waals surface area contributed by atoms with Crippen LogP contribution in [-0.4, -0.2) is 22.6 Å².